The van der Waals surface area contributed by atoms with Gasteiger partial charge in [-0.25, -0.2) is 0 Å². The van der Waals surface area contributed by atoms with Gasteiger partial charge in [0.15, 0.2) is 0 Å². The van der Waals surface area contributed by atoms with E-state index in [0.29, 0.717) is 6.04 Å². The maximum Gasteiger partial charge on any atom is 0.00707 e. The van der Waals surface area contributed by atoms with Gasteiger partial charge in [-0.05, 0) is 25.7 Å². The lowest BCUT2D eigenvalue weighted by Crippen LogP contribution is -2.16. The summed E-state index contributed by atoms with van der Waals surface area (Å²) in [6.07, 6.45) is 17.7. The summed E-state index contributed by atoms with van der Waals surface area (Å²) in [5, 5.41) is 0. The van der Waals surface area contributed by atoms with Gasteiger partial charge in [0.25, 0.3) is 0 Å². The van der Waals surface area contributed by atoms with Crippen molar-refractivity contribution in [2.45, 2.75) is 84.1 Å². The highest BCUT2D eigenvalue weighted by Crippen LogP contribution is 2.08. The second kappa shape index (κ2) is 12.8. The molecule has 0 amide bonds. The van der Waals surface area contributed by atoms with E-state index in [4.69, 9.17) is 5.73 Å². The highest BCUT2D eigenvalue weighted by molar-refractivity contribution is 4.84. The summed E-state index contributed by atoms with van der Waals surface area (Å²) in [6, 6.07) is 0.366. The molecule has 2 N–H and O–H groups in total. The molecular formula is C15H31N. The normalized spacial score (nSPS) is 13.4. The molecule has 96 valence electrons. The topological polar surface area (TPSA) is 26.0 Å². The van der Waals surface area contributed by atoms with Gasteiger partial charge in [-0.2, -0.15) is 0 Å². The molecule has 0 saturated carbocycles. The summed E-state index contributed by atoms with van der Waals surface area (Å²) in [4.78, 5) is 0. The number of rotatable bonds is 11. The summed E-state index contributed by atoms with van der Waals surface area (Å²) < 4.78 is 0. The SMILES string of the molecule is CCCCCCCCC/C=C/CC(N)CC. The highest BCUT2D eigenvalue weighted by atomic mass is 14.6. The molecule has 0 rings (SSSR count). The van der Waals surface area contributed by atoms with Gasteiger partial charge in [0, 0.05) is 6.04 Å². The molecule has 0 aromatic heterocycles. The van der Waals surface area contributed by atoms with Crippen molar-refractivity contribution in [3.05, 3.63) is 12.2 Å². The van der Waals surface area contributed by atoms with Gasteiger partial charge in [0.2, 0.25) is 0 Å². The maximum atomic E-state index is 5.83. The van der Waals surface area contributed by atoms with Gasteiger partial charge < -0.3 is 5.73 Å². The quantitative estimate of drug-likeness (QED) is 0.396. The Morgan fingerprint density at radius 3 is 2.12 bits per heavy atom. The molecule has 0 saturated heterocycles. The molecule has 0 spiro atoms. The third kappa shape index (κ3) is 11.8. The molecule has 1 heteroatoms. The van der Waals surface area contributed by atoms with Gasteiger partial charge in [-0.15, -0.1) is 0 Å². The van der Waals surface area contributed by atoms with Crippen molar-refractivity contribution in [1.29, 1.82) is 0 Å². The van der Waals surface area contributed by atoms with E-state index in [1.807, 2.05) is 0 Å². The zero-order valence-electron chi connectivity index (χ0n) is 11.4. The van der Waals surface area contributed by atoms with E-state index < -0.39 is 0 Å². The fourth-order valence-electron chi connectivity index (χ4n) is 1.77. The Morgan fingerprint density at radius 2 is 1.50 bits per heavy atom. The van der Waals surface area contributed by atoms with Gasteiger partial charge >= 0.3 is 0 Å². The Labute approximate surface area is 102 Å². The van der Waals surface area contributed by atoms with Crippen LogP contribution in [0.2, 0.25) is 0 Å². The lowest BCUT2D eigenvalue weighted by atomic mass is 10.1. The Kier molecular flexibility index (Phi) is 12.5. The monoisotopic (exact) mass is 225 g/mol. The van der Waals surface area contributed by atoms with Crippen LogP contribution in [-0.2, 0) is 0 Å². The third-order valence-corrected chi connectivity index (χ3v) is 3.10. The maximum absolute atomic E-state index is 5.83. The minimum atomic E-state index is 0.366. The average molecular weight is 225 g/mol. The zero-order chi connectivity index (χ0) is 12.1. The predicted octanol–water partition coefficient (Wildman–Crippen LogP) is 4.81. The molecule has 1 atom stereocenters. The number of allylic oxidation sites excluding steroid dienone is 1. The minimum Gasteiger partial charge on any atom is -0.327 e. The van der Waals surface area contributed by atoms with E-state index >= 15 is 0 Å². The lowest BCUT2D eigenvalue weighted by Gasteiger charge is -2.03. The summed E-state index contributed by atoms with van der Waals surface area (Å²) >= 11 is 0. The summed E-state index contributed by atoms with van der Waals surface area (Å²) in [5.74, 6) is 0. The zero-order valence-corrected chi connectivity index (χ0v) is 11.4. The fourth-order valence-corrected chi connectivity index (χ4v) is 1.77. The first-order chi connectivity index (χ1) is 7.81. The third-order valence-electron chi connectivity index (χ3n) is 3.10. The number of hydrogen-bond donors (Lipinski definition) is 1. The van der Waals surface area contributed by atoms with E-state index in [9.17, 15) is 0 Å². The first-order valence-corrected chi connectivity index (χ1v) is 7.21. The van der Waals surface area contributed by atoms with Crippen LogP contribution in [-0.4, -0.2) is 6.04 Å². The molecule has 0 fully saturated rings. The first-order valence-electron chi connectivity index (χ1n) is 7.21. The molecule has 0 heterocycles. The molecular weight excluding hydrogens is 194 g/mol. The Balaban J connectivity index is 3.08. The Hall–Kier alpha value is -0.300. The van der Waals surface area contributed by atoms with Crippen molar-refractivity contribution in [2.24, 2.45) is 5.73 Å². The summed E-state index contributed by atoms with van der Waals surface area (Å²) in [7, 11) is 0. The van der Waals surface area contributed by atoms with Crippen molar-refractivity contribution in [3.8, 4) is 0 Å². The summed E-state index contributed by atoms with van der Waals surface area (Å²) in [5.41, 5.74) is 5.83. The molecule has 16 heavy (non-hydrogen) atoms. The predicted molar refractivity (Wildman–Crippen MR) is 74.6 cm³/mol. The lowest BCUT2D eigenvalue weighted by molar-refractivity contribution is 0.591. The second-order valence-electron chi connectivity index (χ2n) is 4.79. The van der Waals surface area contributed by atoms with Crippen molar-refractivity contribution < 1.29 is 0 Å². The Morgan fingerprint density at radius 1 is 0.875 bits per heavy atom. The van der Waals surface area contributed by atoms with Crippen molar-refractivity contribution in [1.82, 2.24) is 0 Å². The van der Waals surface area contributed by atoms with E-state index in [0.717, 1.165) is 12.8 Å². The van der Waals surface area contributed by atoms with Crippen molar-refractivity contribution in [2.75, 3.05) is 0 Å². The highest BCUT2D eigenvalue weighted by Gasteiger charge is 1.93. The van der Waals surface area contributed by atoms with E-state index in [1.54, 1.807) is 0 Å². The van der Waals surface area contributed by atoms with Gasteiger partial charge in [-0.3, -0.25) is 0 Å². The molecule has 0 aliphatic carbocycles. The van der Waals surface area contributed by atoms with Crippen molar-refractivity contribution >= 4 is 0 Å². The van der Waals surface area contributed by atoms with Crippen LogP contribution in [0.3, 0.4) is 0 Å². The van der Waals surface area contributed by atoms with Crippen LogP contribution in [0.1, 0.15) is 78.1 Å². The van der Waals surface area contributed by atoms with E-state index in [2.05, 4.69) is 26.0 Å². The van der Waals surface area contributed by atoms with Crippen LogP contribution in [0.5, 0.6) is 0 Å². The number of unbranched alkanes of at least 4 members (excludes halogenated alkanes) is 7. The van der Waals surface area contributed by atoms with Gasteiger partial charge in [0.1, 0.15) is 0 Å². The number of nitrogens with two attached hydrogens (primary N) is 1. The van der Waals surface area contributed by atoms with Gasteiger partial charge in [-0.1, -0.05) is 64.5 Å². The van der Waals surface area contributed by atoms with Gasteiger partial charge in [0.05, 0.1) is 0 Å². The second-order valence-corrected chi connectivity index (χ2v) is 4.79. The molecule has 0 aromatic carbocycles. The summed E-state index contributed by atoms with van der Waals surface area (Å²) in [6.45, 7) is 4.42. The molecule has 0 aliphatic heterocycles. The van der Waals surface area contributed by atoms with Crippen LogP contribution in [0, 0.1) is 0 Å². The van der Waals surface area contributed by atoms with E-state index in [-0.39, 0.29) is 0 Å². The molecule has 1 unspecified atom stereocenters. The smallest absolute Gasteiger partial charge is 0.00707 e. The molecule has 0 bridgehead atoms. The molecule has 0 radical (unpaired) electrons. The molecule has 0 aliphatic rings. The van der Waals surface area contributed by atoms with Crippen LogP contribution in [0.25, 0.3) is 0 Å². The standard InChI is InChI=1S/C15H31N/c1-3-5-6-7-8-9-10-11-12-13-14-15(16)4-2/h12-13,15H,3-11,14,16H2,1-2H3/b13-12+. The van der Waals surface area contributed by atoms with Crippen LogP contribution < -0.4 is 5.73 Å². The van der Waals surface area contributed by atoms with Crippen LogP contribution >= 0.6 is 0 Å². The van der Waals surface area contributed by atoms with Crippen molar-refractivity contribution in [3.63, 3.8) is 0 Å². The largest absolute Gasteiger partial charge is 0.327 e. The molecule has 1 nitrogen and oxygen atoms in total. The minimum absolute atomic E-state index is 0.366. The van der Waals surface area contributed by atoms with Crippen LogP contribution in [0.4, 0.5) is 0 Å². The molecule has 0 aromatic rings. The number of hydrogen-bond acceptors (Lipinski definition) is 1. The average Bonchev–Trinajstić information content (AvgIpc) is 2.31. The fraction of sp³-hybridized carbons (Fsp3) is 0.867. The first kappa shape index (κ1) is 15.7. The Bertz CT molecular complexity index is 152. The van der Waals surface area contributed by atoms with E-state index in [1.165, 1.54) is 51.4 Å². The van der Waals surface area contributed by atoms with Crippen LogP contribution in [0.15, 0.2) is 12.2 Å².